The van der Waals surface area contributed by atoms with Gasteiger partial charge in [-0.3, -0.25) is 0 Å². The summed E-state index contributed by atoms with van der Waals surface area (Å²) in [4.78, 5) is 4.47. The molecule has 1 atom stereocenters. The Labute approximate surface area is 127 Å². The van der Waals surface area contributed by atoms with Crippen molar-refractivity contribution in [3.63, 3.8) is 0 Å². The Morgan fingerprint density at radius 2 is 1.90 bits per heavy atom. The summed E-state index contributed by atoms with van der Waals surface area (Å²) in [7, 11) is 3.19. The summed E-state index contributed by atoms with van der Waals surface area (Å²) in [5, 5.41) is 7.02. The first kappa shape index (κ1) is 14.9. The van der Waals surface area contributed by atoms with Crippen molar-refractivity contribution in [1.82, 2.24) is 4.98 Å². The van der Waals surface area contributed by atoms with Crippen LogP contribution < -0.4 is 14.8 Å². The molecule has 4 nitrogen and oxygen atoms in total. The van der Waals surface area contributed by atoms with Gasteiger partial charge in [-0.25, -0.2) is 4.98 Å². The van der Waals surface area contributed by atoms with E-state index in [4.69, 9.17) is 21.1 Å². The minimum Gasteiger partial charge on any atom is -0.493 e. The van der Waals surface area contributed by atoms with E-state index in [9.17, 15) is 0 Å². The summed E-state index contributed by atoms with van der Waals surface area (Å²) in [5.74, 6) is 1.25. The second kappa shape index (κ2) is 6.33. The molecule has 0 aliphatic heterocycles. The van der Waals surface area contributed by atoms with Crippen LogP contribution in [0.15, 0.2) is 17.5 Å². The van der Waals surface area contributed by atoms with E-state index < -0.39 is 0 Å². The van der Waals surface area contributed by atoms with Crippen LogP contribution in [-0.2, 0) is 0 Å². The van der Waals surface area contributed by atoms with E-state index in [0.29, 0.717) is 16.5 Å². The van der Waals surface area contributed by atoms with Gasteiger partial charge in [-0.1, -0.05) is 11.6 Å². The molecule has 0 aliphatic rings. The number of halogens is 1. The first-order valence-corrected chi connectivity index (χ1v) is 7.41. The molecular formula is C14H17ClN2O2S. The molecule has 2 rings (SSSR count). The number of hydrogen-bond donors (Lipinski definition) is 1. The third-order valence-corrected chi connectivity index (χ3v) is 4.03. The molecule has 0 saturated heterocycles. The normalized spacial score (nSPS) is 12.1. The minimum absolute atomic E-state index is 0.0653. The maximum Gasteiger partial charge on any atom is 0.162 e. The number of rotatable bonds is 5. The van der Waals surface area contributed by atoms with Crippen LogP contribution in [0, 0.1) is 6.92 Å². The predicted molar refractivity (Wildman–Crippen MR) is 83.4 cm³/mol. The van der Waals surface area contributed by atoms with Gasteiger partial charge in [-0.05, 0) is 13.8 Å². The zero-order valence-electron chi connectivity index (χ0n) is 11.9. The molecule has 1 N–H and O–H groups in total. The Hall–Kier alpha value is -1.46. The average Bonchev–Trinajstić information content (AvgIpc) is 2.87. The maximum absolute atomic E-state index is 6.26. The van der Waals surface area contributed by atoms with Gasteiger partial charge in [0.2, 0.25) is 0 Å². The van der Waals surface area contributed by atoms with Gasteiger partial charge < -0.3 is 14.8 Å². The highest BCUT2D eigenvalue weighted by atomic mass is 35.5. The lowest BCUT2D eigenvalue weighted by Gasteiger charge is -2.17. The van der Waals surface area contributed by atoms with Gasteiger partial charge in [-0.15, -0.1) is 11.3 Å². The molecule has 1 unspecified atom stereocenters. The Bertz CT molecular complexity index is 601. The van der Waals surface area contributed by atoms with Crippen LogP contribution in [-0.4, -0.2) is 19.2 Å². The molecule has 20 heavy (non-hydrogen) atoms. The molecule has 6 heteroatoms. The summed E-state index contributed by atoms with van der Waals surface area (Å²) >= 11 is 7.89. The van der Waals surface area contributed by atoms with Crippen LogP contribution in [0.4, 0.5) is 5.69 Å². The molecule has 1 aromatic heterocycles. The van der Waals surface area contributed by atoms with Crippen LogP contribution in [0.2, 0.25) is 5.02 Å². The molecule has 1 heterocycles. The standard InChI is InChI=1S/C14H17ClN2O2S/c1-8(12-7-20-9(2)17-12)16-11-6-14(19-4)13(18-3)5-10(11)15/h5-8,16H,1-4H3. The van der Waals surface area contributed by atoms with Gasteiger partial charge in [0.1, 0.15) is 0 Å². The lowest BCUT2D eigenvalue weighted by atomic mass is 10.2. The first-order valence-electron chi connectivity index (χ1n) is 6.15. The van der Waals surface area contributed by atoms with Crippen molar-refractivity contribution in [3.05, 3.63) is 33.2 Å². The maximum atomic E-state index is 6.26. The number of nitrogens with one attached hydrogen (secondary N) is 1. The Balaban J connectivity index is 2.24. The number of nitrogens with zero attached hydrogens (tertiary/aromatic N) is 1. The molecule has 0 amide bonds. The smallest absolute Gasteiger partial charge is 0.162 e. The van der Waals surface area contributed by atoms with Gasteiger partial charge in [-0.2, -0.15) is 0 Å². The second-order valence-corrected chi connectivity index (χ2v) is 5.81. The molecule has 1 aromatic carbocycles. The minimum atomic E-state index is 0.0653. The largest absolute Gasteiger partial charge is 0.493 e. The predicted octanol–water partition coefficient (Wildman–Crippen LogP) is 4.30. The van der Waals surface area contributed by atoms with Crippen molar-refractivity contribution in [1.29, 1.82) is 0 Å². The van der Waals surface area contributed by atoms with Gasteiger partial charge in [0.25, 0.3) is 0 Å². The van der Waals surface area contributed by atoms with Crippen molar-refractivity contribution in [3.8, 4) is 11.5 Å². The third kappa shape index (κ3) is 3.16. The SMILES string of the molecule is COc1cc(Cl)c(NC(C)c2csc(C)n2)cc1OC. The van der Waals surface area contributed by atoms with E-state index in [1.54, 1.807) is 31.6 Å². The van der Waals surface area contributed by atoms with Crippen LogP contribution in [0.1, 0.15) is 23.7 Å². The zero-order chi connectivity index (χ0) is 14.7. The summed E-state index contributed by atoms with van der Waals surface area (Å²) in [6.07, 6.45) is 0. The third-order valence-electron chi connectivity index (χ3n) is 2.93. The van der Waals surface area contributed by atoms with Crippen LogP contribution in [0.5, 0.6) is 11.5 Å². The van der Waals surface area contributed by atoms with Gasteiger partial charge >= 0.3 is 0 Å². The van der Waals surface area contributed by atoms with Crippen molar-refractivity contribution in [2.24, 2.45) is 0 Å². The Kier molecular flexibility index (Phi) is 4.73. The molecule has 0 bridgehead atoms. The fourth-order valence-electron chi connectivity index (χ4n) is 1.85. The summed E-state index contributed by atoms with van der Waals surface area (Å²) < 4.78 is 10.5. The second-order valence-electron chi connectivity index (χ2n) is 4.34. The van der Waals surface area contributed by atoms with Gasteiger partial charge in [0.15, 0.2) is 11.5 Å². The molecule has 0 saturated carbocycles. The Morgan fingerprint density at radius 3 is 2.45 bits per heavy atom. The van der Waals surface area contributed by atoms with E-state index in [1.165, 1.54) is 0 Å². The van der Waals surface area contributed by atoms with E-state index in [2.05, 4.69) is 10.3 Å². The highest BCUT2D eigenvalue weighted by Crippen LogP contribution is 2.37. The molecule has 108 valence electrons. The number of aryl methyl sites for hydroxylation is 1. The van der Waals surface area contributed by atoms with Crippen molar-refractivity contribution in [2.75, 3.05) is 19.5 Å². The summed E-state index contributed by atoms with van der Waals surface area (Å²) in [5.41, 5.74) is 1.79. The number of thiazole rings is 1. The highest BCUT2D eigenvalue weighted by Gasteiger charge is 2.14. The summed E-state index contributed by atoms with van der Waals surface area (Å²) in [6, 6.07) is 3.63. The number of anilines is 1. The lowest BCUT2D eigenvalue weighted by Crippen LogP contribution is -2.08. The van der Waals surface area contributed by atoms with Gasteiger partial charge in [0, 0.05) is 17.5 Å². The number of aromatic nitrogens is 1. The summed E-state index contributed by atoms with van der Waals surface area (Å²) in [6.45, 7) is 4.03. The van der Waals surface area contributed by atoms with Crippen LogP contribution in [0.3, 0.4) is 0 Å². The zero-order valence-corrected chi connectivity index (χ0v) is 13.4. The topological polar surface area (TPSA) is 43.4 Å². The van der Waals surface area contributed by atoms with Crippen molar-refractivity contribution >= 4 is 28.6 Å². The van der Waals surface area contributed by atoms with E-state index >= 15 is 0 Å². The molecule has 0 aliphatic carbocycles. The Morgan fingerprint density at radius 1 is 1.25 bits per heavy atom. The van der Waals surface area contributed by atoms with Crippen molar-refractivity contribution < 1.29 is 9.47 Å². The quantitative estimate of drug-likeness (QED) is 0.894. The fourth-order valence-corrected chi connectivity index (χ4v) is 2.77. The molecule has 2 aromatic rings. The van der Waals surface area contributed by atoms with Crippen LogP contribution in [0.25, 0.3) is 0 Å². The number of benzene rings is 1. The highest BCUT2D eigenvalue weighted by molar-refractivity contribution is 7.09. The number of ether oxygens (including phenoxy) is 2. The average molecular weight is 313 g/mol. The van der Waals surface area contributed by atoms with Gasteiger partial charge in [0.05, 0.1) is 41.7 Å². The monoisotopic (exact) mass is 312 g/mol. The first-order chi connectivity index (χ1) is 9.55. The molecule has 0 radical (unpaired) electrons. The lowest BCUT2D eigenvalue weighted by molar-refractivity contribution is 0.355. The van der Waals surface area contributed by atoms with Crippen LogP contribution >= 0.6 is 22.9 Å². The number of hydrogen-bond acceptors (Lipinski definition) is 5. The van der Waals surface area contributed by atoms with E-state index in [-0.39, 0.29) is 6.04 Å². The van der Waals surface area contributed by atoms with E-state index in [1.807, 2.05) is 25.3 Å². The number of methoxy groups -OCH3 is 2. The van der Waals surface area contributed by atoms with E-state index in [0.717, 1.165) is 16.4 Å². The molecule has 0 spiro atoms. The fraction of sp³-hybridized carbons (Fsp3) is 0.357. The molecule has 0 fully saturated rings. The van der Waals surface area contributed by atoms with Crippen molar-refractivity contribution in [2.45, 2.75) is 19.9 Å². The molecular weight excluding hydrogens is 296 g/mol.